The maximum atomic E-state index is 11.8. The summed E-state index contributed by atoms with van der Waals surface area (Å²) < 4.78 is 25.8. The zero-order chi connectivity index (χ0) is 12.3. The molecule has 7 heteroatoms. The average molecular weight is 284 g/mol. The lowest BCUT2D eigenvalue weighted by atomic mass is 10.4. The Bertz CT molecular complexity index is 455. The molecule has 1 aromatic carbocycles. The van der Waals surface area contributed by atoms with Crippen LogP contribution in [-0.4, -0.2) is 26.2 Å². The van der Waals surface area contributed by atoms with E-state index < -0.39 is 16.1 Å². The van der Waals surface area contributed by atoms with Crippen molar-refractivity contribution < 1.29 is 13.5 Å². The number of aliphatic hydroxyl groups is 1. The van der Waals surface area contributed by atoms with E-state index in [-0.39, 0.29) is 21.5 Å². The number of aliphatic hydroxyl groups excluding tert-OH is 1. The summed E-state index contributed by atoms with van der Waals surface area (Å²) in [4.78, 5) is -0.0229. The zero-order valence-corrected chi connectivity index (χ0v) is 10.8. The third-order valence-electron chi connectivity index (χ3n) is 1.78. The van der Waals surface area contributed by atoms with E-state index in [1.807, 2.05) is 0 Å². The quantitative estimate of drug-likeness (QED) is 0.883. The van der Waals surface area contributed by atoms with Crippen molar-refractivity contribution in [2.75, 3.05) is 6.61 Å². The number of hydrogen-bond acceptors (Lipinski definition) is 3. The summed E-state index contributed by atoms with van der Waals surface area (Å²) in [6.07, 6.45) is 0. The summed E-state index contributed by atoms with van der Waals surface area (Å²) in [6.45, 7) is 1.26. The standard InChI is InChI=1S/C9H11Cl2NO3S/c1-6(5-13)12-16(14,15)9-3-7(10)2-8(11)4-9/h2-4,6,12-13H,5H2,1H3. The summed E-state index contributed by atoms with van der Waals surface area (Å²) in [5.74, 6) is 0. The van der Waals surface area contributed by atoms with Crippen molar-refractivity contribution in [2.45, 2.75) is 17.9 Å². The fraction of sp³-hybridized carbons (Fsp3) is 0.333. The van der Waals surface area contributed by atoms with Crippen LogP contribution in [0.25, 0.3) is 0 Å². The molecule has 4 nitrogen and oxygen atoms in total. The van der Waals surface area contributed by atoms with Crippen molar-refractivity contribution in [3.8, 4) is 0 Å². The first kappa shape index (κ1) is 13.7. The molecule has 90 valence electrons. The van der Waals surface area contributed by atoms with E-state index in [1.54, 1.807) is 6.92 Å². The van der Waals surface area contributed by atoms with Gasteiger partial charge in [-0.05, 0) is 25.1 Å². The number of nitrogens with one attached hydrogen (secondary N) is 1. The van der Waals surface area contributed by atoms with Crippen LogP contribution in [0.4, 0.5) is 0 Å². The first-order valence-corrected chi connectivity index (χ1v) is 6.68. The number of hydrogen-bond donors (Lipinski definition) is 2. The van der Waals surface area contributed by atoms with Gasteiger partial charge in [0.1, 0.15) is 0 Å². The SMILES string of the molecule is CC(CO)NS(=O)(=O)c1cc(Cl)cc(Cl)c1. The van der Waals surface area contributed by atoms with Gasteiger partial charge in [-0.25, -0.2) is 13.1 Å². The Morgan fingerprint density at radius 1 is 1.31 bits per heavy atom. The highest BCUT2D eigenvalue weighted by Crippen LogP contribution is 2.22. The molecular formula is C9H11Cl2NO3S. The smallest absolute Gasteiger partial charge is 0.240 e. The minimum atomic E-state index is -3.70. The van der Waals surface area contributed by atoms with E-state index in [0.29, 0.717) is 0 Å². The summed E-state index contributed by atoms with van der Waals surface area (Å²) in [6, 6.07) is 3.46. The van der Waals surface area contributed by atoms with Crippen LogP contribution < -0.4 is 4.72 Å². The molecule has 2 N–H and O–H groups in total. The van der Waals surface area contributed by atoms with Gasteiger partial charge in [-0.1, -0.05) is 23.2 Å². The van der Waals surface area contributed by atoms with E-state index in [1.165, 1.54) is 18.2 Å². The van der Waals surface area contributed by atoms with Crippen LogP contribution in [-0.2, 0) is 10.0 Å². The van der Waals surface area contributed by atoms with Crippen LogP contribution in [0.5, 0.6) is 0 Å². The molecule has 0 spiro atoms. The number of sulfonamides is 1. The predicted octanol–water partition coefficient (Wildman–Crippen LogP) is 1.65. The van der Waals surface area contributed by atoms with Crippen molar-refractivity contribution in [1.29, 1.82) is 0 Å². The monoisotopic (exact) mass is 283 g/mol. The minimum Gasteiger partial charge on any atom is -0.395 e. The van der Waals surface area contributed by atoms with Gasteiger partial charge in [0.05, 0.1) is 11.5 Å². The van der Waals surface area contributed by atoms with E-state index in [0.717, 1.165) is 0 Å². The van der Waals surface area contributed by atoms with Crippen molar-refractivity contribution in [3.63, 3.8) is 0 Å². The zero-order valence-electron chi connectivity index (χ0n) is 8.44. The molecule has 0 saturated heterocycles. The Balaban J connectivity index is 3.07. The van der Waals surface area contributed by atoms with Crippen LogP contribution >= 0.6 is 23.2 Å². The molecular weight excluding hydrogens is 273 g/mol. The van der Waals surface area contributed by atoms with Gasteiger partial charge in [0, 0.05) is 16.1 Å². The highest BCUT2D eigenvalue weighted by molar-refractivity contribution is 7.89. The van der Waals surface area contributed by atoms with E-state index >= 15 is 0 Å². The number of rotatable bonds is 4. The number of benzene rings is 1. The molecule has 0 radical (unpaired) electrons. The Hall–Kier alpha value is -0.330. The second-order valence-corrected chi connectivity index (χ2v) is 5.90. The van der Waals surface area contributed by atoms with E-state index in [9.17, 15) is 8.42 Å². The fourth-order valence-electron chi connectivity index (χ4n) is 1.05. The molecule has 0 amide bonds. The maximum absolute atomic E-state index is 11.8. The molecule has 0 saturated carbocycles. The lowest BCUT2D eigenvalue weighted by Crippen LogP contribution is -2.34. The summed E-state index contributed by atoms with van der Waals surface area (Å²) in [5, 5.41) is 9.26. The van der Waals surface area contributed by atoms with E-state index in [2.05, 4.69) is 4.72 Å². The Morgan fingerprint density at radius 3 is 2.25 bits per heavy atom. The second-order valence-electron chi connectivity index (χ2n) is 3.31. The maximum Gasteiger partial charge on any atom is 0.240 e. The molecule has 0 aliphatic carbocycles. The minimum absolute atomic E-state index is 0.0229. The molecule has 1 unspecified atom stereocenters. The topological polar surface area (TPSA) is 66.4 Å². The molecule has 1 aromatic rings. The van der Waals surface area contributed by atoms with Crippen LogP contribution in [0.15, 0.2) is 23.1 Å². The largest absolute Gasteiger partial charge is 0.395 e. The van der Waals surface area contributed by atoms with Gasteiger partial charge in [-0.15, -0.1) is 0 Å². The normalized spacial score (nSPS) is 13.8. The van der Waals surface area contributed by atoms with Crippen molar-refractivity contribution >= 4 is 33.2 Å². The van der Waals surface area contributed by atoms with Gasteiger partial charge in [0.15, 0.2) is 0 Å². The Labute approximate surface area is 104 Å². The van der Waals surface area contributed by atoms with Gasteiger partial charge in [-0.3, -0.25) is 0 Å². The van der Waals surface area contributed by atoms with Gasteiger partial charge in [0.25, 0.3) is 0 Å². The summed E-state index contributed by atoms with van der Waals surface area (Å²) >= 11 is 11.4. The molecule has 0 bridgehead atoms. The molecule has 0 aromatic heterocycles. The first-order chi connectivity index (χ1) is 7.35. The van der Waals surface area contributed by atoms with Crippen LogP contribution in [0, 0.1) is 0 Å². The molecule has 16 heavy (non-hydrogen) atoms. The molecule has 1 atom stereocenters. The van der Waals surface area contributed by atoms with Gasteiger partial charge in [0.2, 0.25) is 10.0 Å². The number of halogens is 2. The second kappa shape index (κ2) is 5.33. The Kier molecular flexibility index (Phi) is 4.58. The fourth-order valence-corrected chi connectivity index (χ4v) is 3.01. The van der Waals surface area contributed by atoms with Crippen molar-refractivity contribution in [3.05, 3.63) is 28.2 Å². The molecule has 0 aliphatic heterocycles. The third kappa shape index (κ3) is 3.61. The van der Waals surface area contributed by atoms with Crippen molar-refractivity contribution in [2.24, 2.45) is 0 Å². The van der Waals surface area contributed by atoms with E-state index in [4.69, 9.17) is 28.3 Å². The molecule has 1 rings (SSSR count). The van der Waals surface area contributed by atoms with Crippen LogP contribution in [0.2, 0.25) is 10.0 Å². The highest BCUT2D eigenvalue weighted by Gasteiger charge is 2.17. The molecule has 0 aliphatic rings. The lowest BCUT2D eigenvalue weighted by Gasteiger charge is -2.11. The van der Waals surface area contributed by atoms with Gasteiger partial charge >= 0.3 is 0 Å². The first-order valence-electron chi connectivity index (χ1n) is 4.44. The predicted molar refractivity (Wildman–Crippen MR) is 63.3 cm³/mol. The molecule has 0 heterocycles. The van der Waals surface area contributed by atoms with Gasteiger partial charge in [-0.2, -0.15) is 0 Å². The lowest BCUT2D eigenvalue weighted by molar-refractivity contribution is 0.265. The van der Waals surface area contributed by atoms with Crippen LogP contribution in [0.3, 0.4) is 0 Å². The highest BCUT2D eigenvalue weighted by atomic mass is 35.5. The molecule has 0 fully saturated rings. The van der Waals surface area contributed by atoms with Crippen molar-refractivity contribution in [1.82, 2.24) is 4.72 Å². The van der Waals surface area contributed by atoms with Crippen LogP contribution in [0.1, 0.15) is 6.92 Å². The summed E-state index contributed by atoms with van der Waals surface area (Å²) in [5.41, 5.74) is 0. The summed E-state index contributed by atoms with van der Waals surface area (Å²) in [7, 11) is -3.70. The average Bonchev–Trinajstić information content (AvgIpc) is 2.15. The van der Waals surface area contributed by atoms with Gasteiger partial charge < -0.3 is 5.11 Å². The third-order valence-corrected chi connectivity index (χ3v) is 3.78. The Morgan fingerprint density at radius 2 is 1.81 bits per heavy atom.